The van der Waals surface area contributed by atoms with Gasteiger partial charge in [-0.15, -0.1) is 0 Å². The molecular formula is C13H16ClNO2. The Bertz CT molecular complexity index is 429. The zero-order valence-electron chi connectivity index (χ0n) is 9.82. The maximum absolute atomic E-state index is 12.3. The fourth-order valence-electron chi connectivity index (χ4n) is 1.94. The highest BCUT2D eigenvalue weighted by Gasteiger charge is 2.33. The molecule has 0 atom stereocenters. The Morgan fingerprint density at radius 3 is 2.82 bits per heavy atom. The lowest BCUT2D eigenvalue weighted by molar-refractivity contribution is 0.0707. The zero-order chi connectivity index (χ0) is 12.4. The zero-order valence-corrected chi connectivity index (χ0v) is 10.6. The molecule has 1 aliphatic carbocycles. The normalized spacial score (nSPS) is 14.8. The molecule has 1 aliphatic rings. The lowest BCUT2D eigenvalue weighted by Crippen LogP contribution is -2.35. The highest BCUT2D eigenvalue weighted by molar-refractivity contribution is 6.31. The van der Waals surface area contributed by atoms with Crippen molar-refractivity contribution < 1.29 is 9.90 Å². The topological polar surface area (TPSA) is 40.5 Å². The van der Waals surface area contributed by atoms with Gasteiger partial charge in [0.25, 0.3) is 5.91 Å². The van der Waals surface area contributed by atoms with Crippen molar-refractivity contribution in [2.45, 2.75) is 25.8 Å². The van der Waals surface area contributed by atoms with Gasteiger partial charge in [-0.1, -0.05) is 17.7 Å². The SMILES string of the molecule is Cc1c(Cl)cccc1C(=O)N(CCO)C1CC1. The number of halogens is 1. The fraction of sp³-hybridized carbons (Fsp3) is 0.462. The molecule has 17 heavy (non-hydrogen) atoms. The number of amides is 1. The molecule has 1 aromatic carbocycles. The molecule has 0 heterocycles. The van der Waals surface area contributed by atoms with Crippen molar-refractivity contribution in [2.24, 2.45) is 0 Å². The van der Waals surface area contributed by atoms with Gasteiger partial charge >= 0.3 is 0 Å². The number of hydrogen-bond donors (Lipinski definition) is 1. The van der Waals surface area contributed by atoms with E-state index >= 15 is 0 Å². The Balaban J connectivity index is 2.25. The van der Waals surface area contributed by atoms with E-state index < -0.39 is 0 Å². The first-order chi connectivity index (χ1) is 8.15. The minimum Gasteiger partial charge on any atom is -0.395 e. The summed E-state index contributed by atoms with van der Waals surface area (Å²) in [4.78, 5) is 14.1. The minimum absolute atomic E-state index is 0.00184. The molecule has 0 radical (unpaired) electrons. The van der Waals surface area contributed by atoms with Crippen molar-refractivity contribution in [1.82, 2.24) is 4.90 Å². The highest BCUT2D eigenvalue weighted by Crippen LogP contribution is 2.29. The summed E-state index contributed by atoms with van der Waals surface area (Å²) in [6.45, 7) is 2.25. The molecule has 0 saturated heterocycles. The predicted octanol–water partition coefficient (Wildman–Crippen LogP) is 2.25. The van der Waals surface area contributed by atoms with Crippen LogP contribution in [0.4, 0.5) is 0 Å². The van der Waals surface area contributed by atoms with E-state index in [0.29, 0.717) is 23.2 Å². The molecule has 2 rings (SSSR count). The van der Waals surface area contributed by atoms with Crippen LogP contribution in [0, 0.1) is 6.92 Å². The Kier molecular flexibility index (Phi) is 3.69. The minimum atomic E-state index is -0.0263. The van der Waals surface area contributed by atoms with Gasteiger partial charge in [0, 0.05) is 23.2 Å². The average Bonchev–Trinajstić information content (AvgIpc) is 3.13. The first-order valence-electron chi connectivity index (χ1n) is 5.82. The summed E-state index contributed by atoms with van der Waals surface area (Å²) >= 11 is 6.01. The third-order valence-corrected chi connectivity index (χ3v) is 3.50. The maximum Gasteiger partial charge on any atom is 0.254 e. The van der Waals surface area contributed by atoms with Crippen LogP contribution >= 0.6 is 11.6 Å². The molecule has 0 bridgehead atoms. The number of rotatable bonds is 4. The van der Waals surface area contributed by atoms with Crippen LogP contribution in [0.15, 0.2) is 18.2 Å². The quantitative estimate of drug-likeness (QED) is 0.894. The van der Waals surface area contributed by atoms with Gasteiger partial charge in [-0.25, -0.2) is 0 Å². The van der Waals surface area contributed by atoms with Crippen molar-refractivity contribution in [2.75, 3.05) is 13.2 Å². The standard InChI is InChI=1S/C13H16ClNO2/c1-9-11(3-2-4-12(9)14)13(17)15(7-8-16)10-5-6-10/h2-4,10,16H,5-8H2,1H3. The molecule has 0 aliphatic heterocycles. The first kappa shape index (κ1) is 12.4. The monoisotopic (exact) mass is 253 g/mol. The van der Waals surface area contributed by atoms with Crippen LogP contribution in [0.2, 0.25) is 5.02 Å². The highest BCUT2D eigenvalue weighted by atomic mass is 35.5. The largest absolute Gasteiger partial charge is 0.395 e. The smallest absolute Gasteiger partial charge is 0.254 e. The molecule has 3 nitrogen and oxygen atoms in total. The van der Waals surface area contributed by atoms with E-state index in [4.69, 9.17) is 16.7 Å². The number of nitrogens with zero attached hydrogens (tertiary/aromatic N) is 1. The van der Waals surface area contributed by atoms with Gasteiger partial charge in [-0.3, -0.25) is 4.79 Å². The van der Waals surface area contributed by atoms with Gasteiger partial charge in [0.2, 0.25) is 0 Å². The maximum atomic E-state index is 12.3. The number of hydrogen-bond acceptors (Lipinski definition) is 2. The number of carbonyl (C=O) groups excluding carboxylic acids is 1. The number of carbonyl (C=O) groups is 1. The van der Waals surface area contributed by atoms with Crippen LogP contribution in [0.5, 0.6) is 0 Å². The third kappa shape index (κ3) is 2.61. The van der Waals surface area contributed by atoms with Crippen molar-refractivity contribution in [1.29, 1.82) is 0 Å². The van der Waals surface area contributed by atoms with E-state index in [0.717, 1.165) is 18.4 Å². The van der Waals surface area contributed by atoms with Crippen LogP contribution in [0.25, 0.3) is 0 Å². The molecule has 0 spiro atoms. The lowest BCUT2D eigenvalue weighted by atomic mass is 10.1. The van der Waals surface area contributed by atoms with Crippen molar-refractivity contribution in [3.05, 3.63) is 34.3 Å². The van der Waals surface area contributed by atoms with Gasteiger partial charge in [-0.2, -0.15) is 0 Å². The molecule has 92 valence electrons. The number of benzene rings is 1. The summed E-state index contributed by atoms with van der Waals surface area (Å²) < 4.78 is 0. The van der Waals surface area contributed by atoms with E-state index in [1.807, 2.05) is 6.92 Å². The van der Waals surface area contributed by atoms with Crippen molar-refractivity contribution >= 4 is 17.5 Å². The Hall–Kier alpha value is -1.06. The van der Waals surface area contributed by atoms with Crippen LogP contribution in [0.1, 0.15) is 28.8 Å². The summed E-state index contributed by atoms with van der Waals surface area (Å²) in [5.41, 5.74) is 1.45. The summed E-state index contributed by atoms with van der Waals surface area (Å²) in [7, 11) is 0. The fourth-order valence-corrected chi connectivity index (χ4v) is 2.11. The Morgan fingerprint density at radius 2 is 2.24 bits per heavy atom. The van der Waals surface area contributed by atoms with E-state index in [1.165, 1.54) is 0 Å². The molecule has 0 aromatic heterocycles. The second kappa shape index (κ2) is 5.07. The predicted molar refractivity (Wildman–Crippen MR) is 67.3 cm³/mol. The van der Waals surface area contributed by atoms with E-state index in [2.05, 4.69) is 0 Å². The first-order valence-corrected chi connectivity index (χ1v) is 6.20. The summed E-state index contributed by atoms with van der Waals surface area (Å²) in [5.74, 6) is -0.0263. The number of aliphatic hydroxyl groups excluding tert-OH is 1. The molecule has 1 aromatic rings. The van der Waals surface area contributed by atoms with E-state index in [1.54, 1.807) is 23.1 Å². The Morgan fingerprint density at radius 1 is 1.53 bits per heavy atom. The van der Waals surface area contributed by atoms with Gasteiger partial charge in [0.15, 0.2) is 0 Å². The van der Waals surface area contributed by atoms with E-state index in [-0.39, 0.29) is 12.5 Å². The third-order valence-electron chi connectivity index (χ3n) is 3.09. The lowest BCUT2D eigenvalue weighted by Gasteiger charge is -2.22. The van der Waals surface area contributed by atoms with Gasteiger partial charge in [0.05, 0.1) is 6.61 Å². The van der Waals surface area contributed by atoms with Crippen LogP contribution in [-0.2, 0) is 0 Å². The van der Waals surface area contributed by atoms with E-state index in [9.17, 15) is 4.79 Å². The molecule has 0 unspecified atom stereocenters. The average molecular weight is 254 g/mol. The molecule has 4 heteroatoms. The second-order valence-electron chi connectivity index (χ2n) is 4.37. The Labute approximate surface area is 106 Å². The van der Waals surface area contributed by atoms with Crippen LogP contribution in [-0.4, -0.2) is 35.1 Å². The summed E-state index contributed by atoms with van der Waals surface area (Å²) in [5, 5.41) is 9.62. The molecule has 1 N–H and O–H groups in total. The van der Waals surface area contributed by atoms with Gasteiger partial charge in [-0.05, 0) is 37.5 Å². The van der Waals surface area contributed by atoms with Crippen LogP contribution < -0.4 is 0 Å². The van der Waals surface area contributed by atoms with Crippen LogP contribution in [0.3, 0.4) is 0 Å². The molecule has 1 fully saturated rings. The second-order valence-corrected chi connectivity index (χ2v) is 4.77. The summed E-state index contributed by atoms with van der Waals surface area (Å²) in [6, 6.07) is 5.65. The van der Waals surface area contributed by atoms with Crippen molar-refractivity contribution in [3.63, 3.8) is 0 Å². The molecule has 1 amide bonds. The summed E-state index contributed by atoms with van der Waals surface area (Å²) in [6.07, 6.45) is 2.07. The molecular weight excluding hydrogens is 238 g/mol. The van der Waals surface area contributed by atoms with Gasteiger partial charge < -0.3 is 10.0 Å². The molecule has 1 saturated carbocycles. The van der Waals surface area contributed by atoms with Crippen molar-refractivity contribution in [3.8, 4) is 0 Å². The number of aliphatic hydroxyl groups is 1. The van der Waals surface area contributed by atoms with Gasteiger partial charge in [0.1, 0.15) is 0 Å².